The molecular weight excluding hydrogens is 312 g/mol. The molecule has 5 rings (SSSR count). The van der Waals surface area contributed by atoms with Gasteiger partial charge in [0.1, 0.15) is 5.69 Å². The zero-order chi connectivity index (χ0) is 16.3. The van der Waals surface area contributed by atoms with E-state index in [1.807, 2.05) is 6.07 Å². The van der Waals surface area contributed by atoms with E-state index in [2.05, 4.69) is 4.98 Å². The largest absolute Gasteiger partial charge is 0.710 e. The Morgan fingerprint density at radius 1 is 0.917 bits per heavy atom. The van der Waals surface area contributed by atoms with Gasteiger partial charge >= 0.3 is 0 Å². The number of fused-ring (bicyclic) bond motifs is 3. The van der Waals surface area contributed by atoms with E-state index in [4.69, 9.17) is 18.9 Å². The van der Waals surface area contributed by atoms with Gasteiger partial charge in [0.25, 0.3) is 5.82 Å². The second kappa shape index (κ2) is 4.64. The van der Waals surface area contributed by atoms with E-state index in [1.54, 1.807) is 31.2 Å². The number of nitrogens with zero attached hydrogens (tertiary/aromatic N) is 2. The second-order valence-electron chi connectivity index (χ2n) is 5.59. The van der Waals surface area contributed by atoms with Gasteiger partial charge in [0.2, 0.25) is 13.6 Å². The smallest absolute Gasteiger partial charge is 0.299 e. The van der Waals surface area contributed by atoms with Gasteiger partial charge in [0.05, 0.1) is 5.39 Å². The summed E-state index contributed by atoms with van der Waals surface area (Å²) in [7, 11) is 0. The SMILES string of the molecule is Cc1nc2cc3c(cc2c(-c2ccc4c(c2)OCO4)[n+]1[O-])OCO3. The lowest BCUT2D eigenvalue weighted by Crippen LogP contribution is -2.34. The summed E-state index contributed by atoms with van der Waals surface area (Å²) < 4.78 is 22.4. The topological polar surface area (TPSA) is 76.8 Å². The van der Waals surface area contributed by atoms with Crippen LogP contribution in [0, 0.1) is 12.1 Å². The minimum Gasteiger partial charge on any atom is -0.710 e. The van der Waals surface area contributed by atoms with Crippen molar-refractivity contribution in [2.75, 3.05) is 13.6 Å². The van der Waals surface area contributed by atoms with Crippen LogP contribution in [0.1, 0.15) is 5.82 Å². The molecule has 0 unspecified atom stereocenters. The zero-order valence-corrected chi connectivity index (χ0v) is 12.7. The molecule has 7 heteroatoms. The highest BCUT2D eigenvalue weighted by atomic mass is 16.7. The molecule has 0 saturated heterocycles. The van der Waals surface area contributed by atoms with Crippen molar-refractivity contribution >= 4 is 10.9 Å². The fourth-order valence-corrected chi connectivity index (χ4v) is 3.02. The van der Waals surface area contributed by atoms with Gasteiger partial charge in [-0.05, 0) is 23.2 Å². The van der Waals surface area contributed by atoms with Crippen molar-refractivity contribution in [2.45, 2.75) is 6.92 Å². The van der Waals surface area contributed by atoms with Crippen molar-refractivity contribution in [1.29, 1.82) is 0 Å². The summed E-state index contributed by atoms with van der Waals surface area (Å²) in [5.41, 5.74) is 1.90. The van der Waals surface area contributed by atoms with E-state index in [9.17, 15) is 5.21 Å². The van der Waals surface area contributed by atoms with Gasteiger partial charge in [-0.1, -0.05) is 0 Å². The fraction of sp³-hybridized carbons (Fsp3) is 0.176. The molecule has 120 valence electrons. The zero-order valence-electron chi connectivity index (χ0n) is 12.7. The van der Waals surface area contributed by atoms with Crippen LogP contribution < -0.4 is 23.7 Å². The van der Waals surface area contributed by atoms with E-state index in [1.165, 1.54) is 0 Å². The van der Waals surface area contributed by atoms with Gasteiger partial charge in [-0.25, -0.2) is 4.73 Å². The maximum atomic E-state index is 12.7. The minimum atomic E-state index is 0.168. The van der Waals surface area contributed by atoms with Gasteiger partial charge in [-0.2, -0.15) is 0 Å². The van der Waals surface area contributed by atoms with Crippen molar-refractivity contribution in [3.8, 4) is 34.3 Å². The number of benzene rings is 2. The molecule has 2 aromatic carbocycles. The average Bonchev–Trinajstić information content (AvgIpc) is 3.22. The van der Waals surface area contributed by atoms with Crippen LogP contribution in [-0.2, 0) is 0 Å². The first-order valence-electron chi connectivity index (χ1n) is 7.44. The number of hydrogen-bond acceptors (Lipinski definition) is 6. The van der Waals surface area contributed by atoms with Crippen LogP contribution in [0.15, 0.2) is 30.3 Å². The molecule has 2 aliphatic heterocycles. The second-order valence-corrected chi connectivity index (χ2v) is 5.59. The predicted octanol–water partition coefficient (Wildman–Crippen LogP) is 2.30. The molecule has 24 heavy (non-hydrogen) atoms. The molecule has 0 saturated carbocycles. The Labute approximate surface area is 136 Å². The summed E-state index contributed by atoms with van der Waals surface area (Å²) in [6.45, 7) is 2.03. The molecule has 0 amide bonds. The Balaban J connectivity index is 1.82. The van der Waals surface area contributed by atoms with E-state index in [0.717, 1.165) is 10.3 Å². The van der Waals surface area contributed by atoms with Crippen molar-refractivity contribution in [3.63, 3.8) is 0 Å². The first kappa shape index (κ1) is 13.2. The quantitative estimate of drug-likeness (QED) is 0.505. The summed E-state index contributed by atoms with van der Waals surface area (Å²) in [6, 6.07) is 9.02. The van der Waals surface area contributed by atoms with E-state index in [0.29, 0.717) is 45.4 Å². The predicted molar refractivity (Wildman–Crippen MR) is 83.1 cm³/mol. The number of aromatic nitrogens is 2. The molecular formula is C17H12N2O5. The van der Waals surface area contributed by atoms with Gasteiger partial charge in [-0.3, -0.25) is 0 Å². The van der Waals surface area contributed by atoms with Gasteiger partial charge in [-0.15, -0.1) is 0 Å². The van der Waals surface area contributed by atoms with E-state index >= 15 is 0 Å². The molecule has 1 aromatic heterocycles. The summed E-state index contributed by atoms with van der Waals surface area (Å²) in [5, 5.41) is 13.4. The highest BCUT2D eigenvalue weighted by Gasteiger charge is 2.24. The first-order valence-corrected chi connectivity index (χ1v) is 7.44. The number of rotatable bonds is 1. The minimum absolute atomic E-state index is 0.168. The lowest BCUT2D eigenvalue weighted by molar-refractivity contribution is -0.602. The molecule has 0 radical (unpaired) electrons. The molecule has 0 spiro atoms. The highest BCUT2D eigenvalue weighted by Crippen LogP contribution is 2.40. The molecule has 0 N–H and O–H groups in total. The molecule has 0 bridgehead atoms. The van der Waals surface area contributed by atoms with Crippen LogP contribution >= 0.6 is 0 Å². The third kappa shape index (κ3) is 1.78. The normalized spacial score (nSPS) is 14.4. The average molecular weight is 324 g/mol. The number of aryl methyl sites for hydroxylation is 1. The summed E-state index contributed by atoms with van der Waals surface area (Å²) in [5.74, 6) is 2.89. The Hall–Kier alpha value is -3.22. The molecule has 0 aliphatic carbocycles. The molecule has 2 aliphatic rings. The molecule has 0 atom stereocenters. The van der Waals surface area contributed by atoms with E-state index in [-0.39, 0.29) is 13.6 Å². The lowest BCUT2D eigenvalue weighted by Gasteiger charge is -2.13. The molecule has 7 nitrogen and oxygen atoms in total. The molecule has 0 fully saturated rings. The summed E-state index contributed by atoms with van der Waals surface area (Å²) in [6.07, 6.45) is 0. The Morgan fingerprint density at radius 3 is 2.38 bits per heavy atom. The summed E-state index contributed by atoms with van der Waals surface area (Å²) >= 11 is 0. The number of hydrogen-bond donors (Lipinski definition) is 0. The molecule has 3 aromatic rings. The standard InChI is InChI=1S/C17H12N2O5/c1-9-18-12-6-16-15(23-8-24-16)5-11(12)17(19(9)20)10-2-3-13-14(4-10)22-7-21-13/h2-6H,7-8H2,1H3. The van der Waals surface area contributed by atoms with Crippen LogP contribution in [0.5, 0.6) is 23.0 Å². The maximum Gasteiger partial charge on any atom is 0.299 e. The highest BCUT2D eigenvalue weighted by molar-refractivity contribution is 5.93. The first-order chi connectivity index (χ1) is 11.7. The van der Waals surface area contributed by atoms with Crippen LogP contribution in [0.4, 0.5) is 0 Å². The van der Waals surface area contributed by atoms with Crippen LogP contribution in [-0.4, -0.2) is 18.6 Å². The Morgan fingerprint density at radius 2 is 1.58 bits per heavy atom. The fourth-order valence-electron chi connectivity index (χ4n) is 3.02. The van der Waals surface area contributed by atoms with Crippen LogP contribution in [0.3, 0.4) is 0 Å². The summed E-state index contributed by atoms with van der Waals surface area (Å²) in [4.78, 5) is 4.37. The van der Waals surface area contributed by atoms with Gasteiger partial charge < -0.3 is 24.2 Å². The van der Waals surface area contributed by atoms with E-state index < -0.39 is 0 Å². The monoisotopic (exact) mass is 324 g/mol. The van der Waals surface area contributed by atoms with Gasteiger partial charge in [0.15, 0.2) is 28.5 Å². The Bertz CT molecular complexity index is 1000. The van der Waals surface area contributed by atoms with Gasteiger partial charge in [0, 0.05) is 24.6 Å². The number of ether oxygens (including phenoxy) is 4. The molecule has 3 heterocycles. The van der Waals surface area contributed by atoms with Crippen molar-refractivity contribution in [3.05, 3.63) is 41.4 Å². The third-order valence-electron chi connectivity index (χ3n) is 4.17. The van der Waals surface area contributed by atoms with Crippen molar-refractivity contribution in [2.24, 2.45) is 0 Å². The van der Waals surface area contributed by atoms with Crippen molar-refractivity contribution < 1.29 is 23.7 Å². The van der Waals surface area contributed by atoms with Crippen LogP contribution in [0.25, 0.3) is 22.2 Å². The lowest BCUT2D eigenvalue weighted by atomic mass is 10.0. The van der Waals surface area contributed by atoms with Crippen LogP contribution in [0.2, 0.25) is 0 Å². The maximum absolute atomic E-state index is 12.7. The third-order valence-corrected chi connectivity index (χ3v) is 4.17. The van der Waals surface area contributed by atoms with Crippen molar-refractivity contribution in [1.82, 2.24) is 4.98 Å². The Kier molecular flexibility index (Phi) is 2.56.